The highest BCUT2D eigenvalue weighted by Crippen LogP contribution is 1.24. The third kappa shape index (κ3) is 3.92. The van der Waals surface area contributed by atoms with Crippen LogP contribution in [-0.2, 0) is 0 Å². The molecular weight excluding hydrogens is 76.1 g/mol. The number of rotatable bonds is 2. The standard InChI is InChI=1S/C4H12N2/c1-6(2)4-3-5/h3-5H2,1-2H3/q+1/p+1. The molecule has 3 N–H and O–H groups in total. The molecule has 0 fully saturated rings. The molecule has 0 aromatic heterocycles. The van der Waals surface area contributed by atoms with Gasteiger partial charge >= 0.3 is 0 Å². The van der Waals surface area contributed by atoms with E-state index >= 15 is 0 Å². The van der Waals surface area contributed by atoms with E-state index in [2.05, 4.69) is 14.1 Å². The number of quaternary nitrogens is 1. The van der Waals surface area contributed by atoms with Gasteiger partial charge < -0.3 is 4.90 Å². The van der Waals surface area contributed by atoms with Gasteiger partial charge in [-0.1, -0.05) is 0 Å². The minimum absolute atomic E-state index is 0.794. The van der Waals surface area contributed by atoms with Crippen LogP contribution in [-0.4, -0.2) is 27.2 Å². The van der Waals surface area contributed by atoms with Crippen LogP contribution in [0.15, 0.2) is 0 Å². The Balaban J connectivity index is 2.63. The van der Waals surface area contributed by atoms with Gasteiger partial charge in [0.2, 0.25) is 0 Å². The topological polar surface area (TPSA) is 29.7 Å². The minimum atomic E-state index is 0.794. The number of hydrogen-bond acceptors (Lipinski definition) is 1. The first-order valence-corrected chi connectivity index (χ1v) is 2.26. The fourth-order valence-corrected chi connectivity index (χ4v) is 0.289. The van der Waals surface area contributed by atoms with E-state index in [-0.39, 0.29) is 0 Å². The SMILES string of the molecule is C[NH+](C)CC[NH2+]. The summed E-state index contributed by atoms with van der Waals surface area (Å²) in [6.45, 7) is 1.86. The first-order chi connectivity index (χ1) is 2.77. The molecule has 0 heterocycles. The molecule has 0 aliphatic heterocycles. The lowest BCUT2D eigenvalue weighted by Gasteiger charge is -1.98. The Morgan fingerprint density at radius 3 is 2.00 bits per heavy atom. The van der Waals surface area contributed by atoms with E-state index in [9.17, 15) is 0 Å². The maximum absolute atomic E-state index is 5.21. The predicted octanol–water partition coefficient (Wildman–Crippen LogP) is -2.84. The van der Waals surface area contributed by atoms with Crippen molar-refractivity contribution in [2.75, 3.05) is 27.2 Å². The highest BCUT2D eigenvalue weighted by molar-refractivity contribution is 4.08. The molecule has 0 aromatic rings. The van der Waals surface area contributed by atoms with Gasteiger partial charge in [0.25, 0.3) is 0 Å². The lowest BCUT2D eigenvalue weighted by molar-refractivity contribution is -0.864. The zero-order valence-electron chi connectivity index (χ0n) is 4.49. The maximum atomic E-state index is 5.21. The van der Waals surface area contributed by atoms with E-state index in [4.69, 9.17) is 5.73 Å². The first-order valence-electron chi connectivity index (χ1n) is 2.26. The number of nitrogens with one attached hydrogen (secondary N) is 1. The van der Waals surface area contributed by atoms with Crippen molar-refractivity contribution in [1.82, 2.24) is 0 Å². The van der Waals surface area contributed by atoms with Crippen LogP contribution in [0.3, 0.4) is 0 Å². The highest BCUT2D eigenvalue weighted by atomic mass is 15.1. The first kappa shape index (κ1) is 5.92. The average Bonchev–Trinajstić information content (AvgIpc) is 1.35. The Morgan fingerprint density at radius 1 is 1.50 bits per heavy atom. The Labute approximate surface area is 38.9 Å². The van der Waals surface area contributed by atoms with Gasteiger partial charge in [-0.25, -0.2) is 0 Å². The third-order valence-electron chi connectivity index (χ3n) is 0.644. The van der Waals surface area contributed by atoms with Gasteiger partial charge in [0.15, 0.2) is 6.54 Å². The summed E-state index contributed by atoms with van der Waals surface area (Å²) in [7, 11) is 4.18. The van der Waals surface area contributed by atoms with E-state index in [1.807, 2.05) is 0 Å². The summed E-state index contributed by atoms with van der Waals surface area (Å²) in [6, 6.07) is 0. The fourth-order valence-electron chi connectivity index (χ4n) is 0.289. The van der Waals surface area contributed by atoms with Crippen molar-refractivity contribution in [2.45, 2.75) is 0 Å². The van der Waals surface area contributed by atoms with E-state index in [0.717, 1.165) is 13.1 Å². The number of hydrogen-bond donors (Lipinski definition) is 2. The third-order valence-corrected chi connectivity index (χ3v) is 0.644. The van der Waals surface area contributed by atoms with Crippen molar-refractivity contribution in [3.05, 3.63) is 0 Å². The molecule has 0 saturated heterocycles. The molecule has 0 aromatic carbocycles. The van der Waals surface area contributed by atoms with E-state index < -0.39 is 0 Å². The monoisotopic (exact) mass is 89.1 g/mol. The van der Waals surface area contributed by atoms with Crippen LogP contribution < -0.4 is 10.6 Å². The summed E-state index contributed by atoms with van der Waals surface area (Å²) in [5.41, 5.74) is 5.21. The Bertz CT molecular complexity index is 26.7. The Hall–Kier alpha value is -0.0800. The van der Waals surface area contributed by atoms with E-state index in [1.54, 1.807) is 0 Å². The van der Waals surface area contributed by atoms with Gasteiger partial charge in [-0.05, 0) is 0 Å². The van der Waals surface area contributed by atoms with Crippen LogP contribution in [0.1, 0.15) is 0 Å². The summed E-state index contributed by atoms with van der Waals surface area (Å²) in [6.07, 6.45) is 0. The molecule has 0 spiro atoms. The lowest BCUT2D eigenvalue weighted by Crippen LogP contribution is -3.07. The maximum Gasteiger partial charge on any atom is 0.168 e. The van der Waals surface area contributed by atoms with Crippen molar-refractivity contribution in [3.63, 3.8) is 0 Å². The average molecular weight is 89.2 g/mol. The molecule has 0 rings (SSSR count). The zero-order valence-corrected chi connectivity index (χ0v) is 4.49. The number of nitrogens with two attached hydrogens (primary N) is 1. The second kappa shape index (κ2) is 3.12. The van der Waals surface area contributed by atoms with Crippen molar-refractivity contribution >= 4 is 0 Å². The molecule has 0 aliphatic rings. The summed E-state index contributed by atoms with van der Waals surface area (Å²) < 4.78 is 0. The Morgan fingerprint density at radius 2 is 2.00 bits per heavy atom. The number of likely N-dealkylation sites (N-methyl/N-ethyl adjacent to an activating group) is 1. The molecule has 0 bridgehead atoms. The molecule has 6 heavy (non-hydrogen) atoms. The van der Waals surface area contributed by atoms with Gasteiger partial charge in [-0.3, -0.25) is 0 Å². The van der Waals surface area contributed by atoms with E-state index in [0.29, 0.717) is 0 Å². The van der Waals surface area contributed by atoms with Crippen LogP contribution in [0.2, 0.25) is 0 Å². The van der Waals surface area contributed by atoms with Crippen LogP contribution in [0, 0.1) is 0 Å². The van der Waals surface area contributed by atoms with Gasteiger partial charge in [0, 0.05) is 0 Å². The summed E-state index contributed by atoms with van der Waals surface area (Å²) >= 11 is 0. The molecule has 2 heteroatoms. The molecule has 1 radical (unpaired) electrons. The minimum Gasteiger partial charge on any atom is -0.335 e. The molecule has 0 saturated carbocycles. The molecule has 0 amide bonds. The molecule has 0 aliphatic carbocycles. The molecule has 0 unspecified atom stereocenters. The second-order valence-corrected chi connectivity index (χ2v) is 1.75. The Kier molecular flexibility index (Phi) is 3.08. The zero-order chi connectivity index (χ0) is 4.99. The molecule has 37 valence electrons. The van der Waals surface area contributed by atoms with Crippen molar-refractivity contribution in [2.24, 2.45) is 0 Å². The van der Waals surface area contributed by atoms with Gasteiger partial charge in [0.1, 0.15) is 6.54 Å². The second-order valence-electron chi connectivity index (χ2n) is 1.75. The van der Waals surface area contributed by atoms with Crippen molar-refractivity contribution < 1.29 is 10.6 Å². The lowest BCUT2D eigenvalue weighted by atomic mass is 10.6. The van der Waals surface area contributed by atoms with Crippen molar-refractivity contribution in [3.8, 4) is 0 Å². The molecular formula is C4H13N2+2. The van der Waals surface area contributed by atoms with Crippen LogP contribution in [0.25, 0.3) is 0 Å². The quantitative estimate of drug-likeness (QED) is 0.365. The van der Waals surface area contributed by atoms with Crippen LogP contribution in [0.4, 0.5) is 0 Å². The predicted molar refractivity (Wildman–Crippen MR) is 24.5 cm³/mol. The summed E-state index contributed by atoms with van der Waals surface area (Å²) in [5, 5.41) is 0. The normalized spacial score (nSPS) is 10.0. The largest absolute Gasteiger partial charge is 0.335 e. The van der Waals surface area contributed by atoms with E-state index in [1.165, 1.54) is 4.90 Å². The summed E-state index contributed by atoms with van der Waals surface area (Å²) in [4.78, 5) is 1.41. The van der Waals surface area contributed by atoms with Gasteiger partial charge in [0.05, 0.1) is 14.1 Å². The van der Waals surface area contributed by atoms with Crippen LogP contribution >= 0.6 is 0 Å². The molecule has 2 nitrogen and oxygen atoms in total. The van der Waals surface area contributed by atoms with Crippen molar-refractivity contribution in [1.29, 1.82) is 0 Å². The smallest absolute Gasteiger partial charge is 0.168 e. The van der Waals surface area contributed by atoms with Crippen LogP contribution in [0.5, 0.6) is 0 Å². The fraction of sp³-hybridized carbons (Fsp3) is 1.00. The highest BCUT2D eigenvalue weighted by Gasteiger charge is 1.87. The van der Waals surface area contributed by atoms with Gasteiger partial charge in [-0.2, -0.15) is 5.73 Å². The molecule has 0 atom stereocenters. The summed E-state index contributed by atoms with van der Waals surface area (Å²) in [5.74, 6) is 0. The van der Waals surface area contributed by atoms with Gasteiger partial charge in [-0.15, -0.1) is 0 Å².